The standard InChI is InChI=1S/C17H27N3O5S/c1-4-20(9-11-25-12-10-20)19-17(13(2)3,16(21)22)26(23,24)15-7-5-14(18)6-8-15/h5-8,13,19H,4,9-12,18H2,1-3H3/t17-/m1/s1. The number of sulfone groups is 1. The Morgan fingerprint density at radius 2 is 1.85 bits per heavy atom. The van der Waals surface area contributed by atoms with Crippen molar-refractivity contribution in [2.24, 2.45) is 5.92 Å². The van der Waals surface area contributed by atoms with Crippen molar-refractivity contribution < 1.29 is 27.6 Å². The summed E-state index contributed by atoms with van der Waals surface area (Å²) in [6.45, 7) is 7.30. The predicted octanol–water partition coefficient (Wildman–Crippen LogP) is -0.484. The maximum atomic E-state index is 13.4. The molecule has 1 aromatic carbocycles. The molecule has 1 aliphatic rings. The van der Waals surface area contributed by atoms with Gasteiger partial charge in [0.15, 0.2) is 0 Å². The number of nitrogens with zero attached hydrogens (tertiary/aromatic N) is 1. The summed E-state index contributed by atoms with van der Waals surface area (Å²) >= 11 is 0. The van der Waals surface area contributed by atoms with Crippen LogP contribution in [-0.4, -0.2) is 56.7 Å². The lowest BCUT2D eigenvalue weighted by Gasteiger charge is -2.48. The summed E-state index contributed by atoms with van der Waals surface area (Å²) < 4.78 is 32.3. The van der Waals surface area contributed by atoms with Crippen molar-refractivity contribution in [2.45, 2.75) is 30.5 Å². The smallest absolute Gasteiger partial charge is 0.212 e. The fourth-order valence-electron chi connectivity index (χ4n) is 3.28. The van der Waals surface area contributed by atoms with Crippen LogP contribution >= 0.6 is 0 Å². The van der Waals surface area contributed by atoms with Gasteiger partial charge in [-0.05, 0) is 37.1 Å². The number of carboxylic acid groups (broad SMARTS) is 1. The van der Waals surface area contributed by atoms with Crippen LogP contribution in [0.3, 0.4) is 0 Å². The SMILES string of the molecule is CC[N+]1(N[C@](C(=O)[O-])(C(C)C)S(=O)(=O)c2ccc(N)cc2)CCOCC1. The molecule has 0 spiro atoms. The number of morpholine rings is 1. The van der Waals surface area contributed by atoms with Crippen LogP contribution in [0.1, 0.15) is 20.8 Å². The predicted molar refractivity (Wildman–Crippen MR) is 95.1 cm³/mol. The molecule has 1 aliphatic heterocycles. The summed E-state index contributed by atoms with van der Waals surface area (Å²) in [4.78, 5) is 9.87. The van der Waals surface area contributed by atoms with E-state index in [1.165, 1.54) is 24.3 Å². The number of hydrogen-bond donors (Lipinski definition) is 2. The monoisotopic (exact) mass is 385 g/mol. The first-order valence-corrected chi connectivity index (χ1v) is 10.1. The molecule has 26 heavy (non-hydrogen) atoms. The Balaban J connectivity index is 2.61. The number of ether oxygens (including phenoxy) is 1. The third kappa shape index (κ3) is 3.44. The fraction of sp³-hybridized carbons (Fsp3) is 0.588. The number of carbonyl (C=O) groups is 1. The van der Waals surface area contributed by atoms with E-state index >= 15 is 0 Å². The van der Waals surface area contributed by atoms with Gasteiger partial charge in [0.1, 0.15) is 13.1 Å². The first-order chi connectivity index (χ1) is 12.1. The minimum absolute atomic E-state index is 0.111. The van der Waals surface area contributed by atoms with Crippen LogP contribution in [0.2, 0.25) is 0 Å². The number of rotatable bonds is 7. The van der Waals surface area contributed by atoms with E-state index < -0.39 is 26.6 Å². The molecular formula is C17H27N3O5S. The van der Waals surface area contributed by atoms with E-state index in [1.54, 1.807) is 13.8 Å². The van der Waals surface area contributed by atoms with Crippen molar-refractivity contribution in [2.75, 3.05) is 38.6 Å². The fourth-order valence-corrected chi connectivity index (χ4v) is 5.30. The Labute approximate surface area is 154 Å². The van der Waals surface area contributed by atoms with Crippen LogP contribution in [0.5, 0.6) is 0 Å². The molecule has 0 aliphatic carbocycles. The van der Waals surface area contributed by atoms with Gasteiger partial charge in [-0.1, -0.05) is 13.8 Å². The average molecular weight is 385 g/mol. The van der Waals surface area contributed by atoms with E-state index in [-0.39, 0.29) is 9.49 Å². The molecule has 3 N–H and O–H groups in total. The number of nitrogens with two attached hydrogens (primary N) is 1. The zero-order valence-corrected chi connectivity index (χ0v) is 16.2. The highest BCUT2D eigenvalue weighted by Crippen LogP contribution is 2.33. The van der Waals surface area contributed by atoms with E-state index in [4.69, 9.17) is 10.5 Å². The highest BCUT2D eigenvalue weighted by Gasteiger charge is 2.54. The first-order valence-electron chi connectivity index (χ1n) is 8.66. The molecule has 0 unspecified atom stereocenters. The maximum absolute atomic E-state index is 13.4. The zero-order valence-electron chi connectivity index (χ0n) is 15.4. The van der Waals surface area contributed by atoms with E-state index in [2.05, 4.69) is 5.43 Å². The number of carbonyl (C=O) groups excluding carboxylic acids is 1. The van der Waals surface area contributed by atoms with Gasteiger partial charge in [0, 0.05) is 5.69 Å². The van der Waals surface area contributed by atoms with Crippen LogP contribution in [-0.2, 0) is 19.4 Å². The number of carboxylic acids is 1. The van der Waals surface area contributed by atoms with Crippen molar-refractivity contribution in [1.29, 1.82) is 0 Å². The van der Waals surface area contributed by atoms with Crippen LogP contribution in [0.25, 0.3) is 0 Å². The van der Waals surface area contributed by atoms with Gasteiger partial charge >= 0.3 is 0 Å². The van der Waals surface area contributed by atoms with E-state index in [0.29, 0.717) is 38.5 Å². The number of hydrogen-bond acceptors (Lipinski definition) is 7. The number of nitrogen functional groups attached to an aromatic ring is 1. The van der Waals surface area contributed by atoms with Gasteiger partial charge in [-0.25, -0.2) is 13.0 Å². The maximum Gasteiger partial charge on any atom is 0.212 e. The molecule has 0 aromatic heterocycles. The molecule has 1 heterocycles. The Hall–Kier alpha value is -1.68. The second-order valence-corrected chi connectivity index (χ2v) is 9.01. The Kier molecular flexibility index (Phi) is 5.96. The molecule has 146 valence electrons. The van der Waals surface area contributed by atoms with Crippen LogP contribution in [0.4, 0.5) is 5.69 Å². The summed E-state index contributed by atoms with van der Waals surface area (Å²) in [5.74, 6) is -2.44. The molecule has 8 nitrogen and oxygen atoms in total. The molecule has 0 amide bonds. The number of likely N-dealkylation sites (N-methyl/N-ethyl adjacent to an activating group) is 1. The largest absolute Gasteiger partial charge is 0.547 e. The quantitative estimate of drug-likeness (QED) is 0.480. The Morgan fingerprint density at radius 1 is 1.31 bits per heavy atom. The number of aliphatic carboxylic acids is 1. The summed E-state index contributed by atoms with van der Waals surface area (Å²) in [7, 11) is -4.31. The van der Waals surface area contributed by atoms with Crippen LogP contribution < -0.4 is 16.3 Å². The Morgan fingerprint density at radius 3 is 2.27 bits per heavy atom. The summed E-state index contributed by atoms with van der Waals surface area (Å²) in [6.07, 6.45) is 0. The number of benzene rings is 1. The molecule has 0 radical (unpaired) electrons. The lowest BCUT2D eigenvalue weighted by Crippen LogP contribution is -2.77. The van der Waals surface area contributed by atoms with Crippen LogP contribution in [0, 0.1) is 5.92 Å². The number of nitrogens with one attached hydrogen (secondary N) is 1. The minimum Gasteiger partial charge on any atom is -0.547 e. The lowest BCUT2D eigenvalue weighted by molar-refractivity contribution is -0.977. The Bertz CT molecular complexity index is 742. The second-order valence-electron chi connectivity index (χ2n) is 6.88. The average Bonchev–Trinajstić information content (AvgIpc) is 2.60. The van der Waals surface area contributed by atoms with Crippen molar-refractivity contribution in [3.05, 3.63) is 24.3 Å². The third-order valence-corrected chi connectivity index (χ3v) is 7.54. The van der Waals surface area contributed by atoms with E-state index in [0.717, 1.165) is 0 Å². The third-order valence-electron chi connectivity index (χ3n) is 5.07. The molecule has 1 atom stereocenters. The van der Waals surface area contributed by atoms with Gasteiger partial charge in [-0.15, -0.1) is 5.43 Å². The highest BCUT2D eigenvalue weighted by molar-refractivity contribution is 7.93. The van der Waals surface area contributed by atoms with Crippen molar-refractivity contribution >= 4 is 21.5 Å². The normalized spacial score (nSPS) is 19.8. The molecular weight excluding hydrogens is 358 g/mol. The topological polar surface area (TPSA) is 122 Å². The first kappa shape index (κ1) is 20.6. The molecule has 9 heteroatoms. The molecule has 0 bridgehead atoms. The van der Waals surface area contributed by atoms with Gasteiger partial charge in [0.05, 0.1) is 30.6 Å². The molecule has 0 saturated carbocycles. The van der Waals surface area contributed by atoms with E-state index in [1.807, 2.05) is 6.92 Å². The number of anilines is 1. The molecule has 2 rings (SSSR count). The van der Waals surface area contributed by atoms with Crippen LogP contribution in [0.15, 0.2) is 29.2 Å². The van der Waals surface area contributed by atoms with Gasteiger partial charge in [0.25, 0.3) is 0 Å². The molecule has 1 aromatic rings. The van der Waals surface area contributed by atoms with Crippen molar-refractivity contribution in [3.63, 3.8) is 0 Å². The van der Waals surface area contributed by atoms with E-state index in [9.17, 15) is 18.3 Å². The van der Waals surface area contributed by atoms with Crippen molar-refractivity contribution in [3.8, 4) is 0 Å². The molecule has 1 saturated heterocycles. The second kappa shape index (κ2) is 7.51. The zero-order chi connectivity index (χ0) is 19.6. The highest BCUT2D eigenvalue weighted by atomic mass is 32.2. The minimum atomic E-state index is -4.31. The van der Waals surface area contributed by atoms with Gasteiger partial charge in [-0.3, -0.25) is 0 Å². The number of quaternary nitrogens is 1. The lowest BCUT2D eigenvalue weighted by atomic mass is 10.0. The van der Waals surface area contributed by atoms with Gasteiger partial charge < -0.3 is 20.4 Å². The molecule has 1 fully saturated rings. The van der Waals surface area contributed by atoms with Crippen molar-refractivity contribution in [1.82, 2.24) is 5.43 Å². The van der Waals surface area contributed by atoms with Gasteiger partial charge in [0.2, 0.25) is 14.7 Å². The summed E-state index contributed by atoms with van der Waals surface area (Å²) in [5, 5.41) is 12.3. The van der Waals surface area contributed by atoms with Gasteiger partial charge in [-0.2, -0.15) is 0 Å². The summed E-state index contributed by atoms with van der Waals surface area (Å²) in [5.41, 5.74) is 8.99. The summed E-state index contributed by atoms with van der Waals surface area (Å²) in [6, 6.07) is 5.52.